The Morgan fingerprint density at radius 2 is 1.81 bits per heavy atom. The second-order valence-corrected chi connectivity index (χ2v) is 5.07. The summed E-state index contributed by atoms with van der Waals surface area (Å²) < 4.78 is 5.48. The van der Waals surface area contributed by atoms with Gasteiger partial charge in [-0.2, -0.15) is 0 Å². The van der Waals surface area contributed by atoms with E-state index in [1.807, 2.05) is 0 Å². The molecule has 3 nitrogen and oxygen atoms in total. The van der Waals surface area contributed by atoms with E-state index in [0.29, 0.717) is 17.9 Å². The van der Waals surface area contributed by atoms with Crippen molar-refractivity contribution in [1.29, 1.82) is 0 Å². The maximum absolute atomic E-state index is 5.71. The predicted octanol–water partition coefficient (Wildman–Crippen LogP) is 2.01. The molecular formula is C13H30N2O. The van der Waals surface area contributed by atoms with Crippen LogP contribution in [-0.2, 0) is 4.74 Å². The van der Waals surface area contributed by atoms with E-state index in [9.17, 15) is 0 Å². The van der Waals surface area contributed by atoms with Crippen molar-refractivity contribution < 1.29 is 4.74 Å². The zero-order chi connectivity index (χ0) is 12.4. The maximum atomic E-state index is 5.71. The van der Waals surface area contributed by atoms with Gasteiger partial charge in [-0.15, -0.1) is 0 Å². The summed E-state index contributed by atoms with van der Waals surface area (Å²) >= 11 is 0. The Bertz CT molecular complexity index is 149. The minimum atomic E-state index is 0.357. The summed E-state index contributed by atoms with van der Waals surface area (Å²) in [6, 6.07) is 0. The predicted molar refractivity (Wildman–Crippen MR) is 70.6 cm³/mol. The Hall–Kier alpha value is -0.120. The lowest BCUT2D eigenvalue weighted by Gasteiger charge is -2.19. The van der Waals surface area contributed by atoms with Crippen molar-refractivity contribution in [3.05, 3.63) is 0 Å². The molecule has 0 fully saturated rings. The van der Waals surface area contributed by atoms with Crippen molar-refractivity contribution in [3.8, 4) is 0 Å². The minimum Gasteiger partial charge on any atom is -0.379 e. The first-order valence-electron chi connectivity index (χ1n) is 6.60. The molecule has 3 N–H and O–H groups in total. The molecule has 1 unspecified atom stereocenters. The summed E-state index contributed by atoms with van der Waals surface area (Å²) in [7, 11) is 0. The van der Waals surface area contributed by atoms with E-state index in [4.69, 9.17) is 10.5 Å². The van der Waals surface area contributed by atoms with Crippen molar-refractivity contribution in [2.75, 3.05) is 26.2 Å². The van der Waals surface area contributed by atoms with Gasteiger partial charge in [0.25, 0.3) is 0 Å². The zero-order valence-electron chi connectivity index (χ0n) is 11.5. The number of rotatable bonds is 10. The molecule has 0 spiro atoms. The van der Waals surface area contributed by atoms with Gasteiger partial charge in [-0.1, -0.05) is 13.8 Å². The molecule has 1 atom stereocenters. The highest BCUT2D eigenvalue weighted by Crippen LogP contribution is 2.07. The third-order valence-electron chi connectivity index (χ3n) is 2.85. The molecule has 0 radical (unpaired) electrons. The molecular weight excluding hydrogens is 200 g/mol. The van der Waals surface area contributed by atoms with Crippen LogP contribution in [0.25, 0.3) is 0 Å². The summed E-state index contributed by atoms with van der Waals surface area (Å²) in [5.41, 5.74) is 5.71. The molecule has 98 valence electrons. The molecule has 3 heteroatoms. The fourth-order valence-corrected chi connectivity index (χ4v) is 1.55. The largest absolute Gasteiger partial charge is 0.379 e. The fourth-order valence-electron chi connectivity index (χ4n) is 1.55. The Morgan fingerprint density at radius 3 is 2.31 bits per heavy atom. The van der Waals surface area contributed by atoms with E-state index < -0.39 is 0 Å². The van der Waals surface area contributed by atoms with Crippen LogP contribution < -0.4 is 11.1 Å². The first-order chi connectivity index (χ1) is 7.57. The molecule has 0 aliphatic heterocycles. The standard InChI is InChI=1S/C13H30N2O/c1-11(2)13(9-14)10-15-7-5-6-8-16-12(3)4/h11-13,15H,5-10,14H2,1-4H3. The van der Waals surface area contributed by atoms with E-state index in [2.05, 4.69) is 33.0 Å². The van der Waals surface area contributed by atoms with Crippen LogP contribution in [0.5, 0.6) is 0 Å². The Labute approximate surface area is 101 Å². The lowest BCUT2D eigenvalue weighted by atomic mass is 9.96. The van der Waals surface area contributed by atoms with Gasteiger partial charge in [0.1, 0.15) is 0 Å². The third kappa shape index (κ3) is 9.13. The Morgan fingerprint density at radius 1 is 1.12 bits per heavy atom. The Balaban J connectivity index is 3.26. The fraction of sp³-hybridized carbons (Fsp3) is 1.00. The normalized spacial score (nSPS) is 13.7. The van der Waals surface area contributed by atoms with E-state index >= 15 is 0 Å². The summed E-state index contributed by atoms with van der Waals surface area (Å²) in [6.45, 7) is 12.4. The second kappa shape index (κ2) is 10.1. The van der Waals surface area contributed by atoms with Gasteiger partial charge in [0.05, 0.1) is 6.10 Å². The number of nitrogens with two attached hydrogens (primary N) is 1. The monoisotopic (exact) mass is 230 g/mol. The highest BCUT2D eigenvalue weighted by molar-refractivity contribution is 4.66. The Kier molecular flexibility index (Phi) is 9.99. The lowest BCUT2D eigenvalue weighted by molar-refractivity contribution is 0.0760. The average Bonchev–Trinajstić information content (AvgIpc) is 2.21. The van der Waals surface area contributed by atoms with E-state index in [1.54, 1.807) is 0 Å². The topological polar surface area (TPSA) is 47.3 Å². The highest BCUT2D eigenvalue weighted by Gasteiger charge is 2.09. The smallest absolute Gasteiger partial charge is 0.0518 e. The second-order valence-electron chi connectivity index (χ2n) is 5.07. The number of hydrogen-bond donors (Lipinski definition) is 2. The highest BCUT2D eigenvalue weighted by atomic mass is 16.5. The van der Waals surface area contributed by atoms with Gasteiger partial charge in [0, 0.05) is 6.61 Å². The quantitative estimate of drug-likeness (QED) is 0.564. The molecule has 0 aromatic carbocycles. The summed E-state index contributed by atoms with van der Waals surface area (Å²) in [5.74, 6) is 1.27. The van der Waals surface area contributed by atoms with Crippen molar-refractivity contribution in [3.63, 3.8) is 0 Å². The number of nitrogens with one attached hydrogen (secondary N) is 1. The van der Waals surface area contributed by atoms with Crippen LogP contribution in [0.2, 0.25) is 0 Å². The number of unbranched alkanes of at least 4 members (excludes halogenated alkanes) is 1. The van der Waals surface area contributed by atoms with E-state index in [1.165, 1.54) is 6.42 Å². The van der Waals surface area contributed by atoms with Crippen LogP contribution in [0, 0.1) is 11.8 Å². The van der Waals surface area contributed by atoms with Crippen LogP contribution in [0.4, 0.5) is 0 Å². The molecule has 0 heterocycles. The van der Waals surface area contributed by atoms with Crippen LogP contribution in [0.1, 0.15) is 40.5 Å². The van der Waals surface area contributed by atoms with Gasteiger partial charge in [-0.25, -0.2) is 0 Å². The molecule has 16 heavy (non-hydrogen) atoms. The molecule has 0 aliphatic carbocycles. The molecule has 0 rings (SSSR count). The van der Waals surface area contributed by atoms with Gasteiger partial charge in [-0.3, -0.25) is 0 Å². The van der Waals surface area contributed by atoms with Gasteiger partial charge < -0.3 is 15.8 Å². The molecule has 0 aromatic heterocycles. The van der Waals surface area contributed by atoms with Crippen molar-refractivity contribution in [1.82, 2.24) is 5.32 Å². The minimum absolute atomic E-state index is 0.357. The number of ether oxygens (including phenoxy) is 1. The summed E-state index contributed by atoms with van der Waals surface area (Å²) in [4.78, 5) is 0. The number of hydrogen-bond acceptors (Lipinski definition) is 3. The molecule has 0 amide bonds. The van der Waals surface area contributed by atoms with Crippen LogP contribution in [-0.4, -0.2) is 32.3 Å². The van der Waals surface area contributed by atoms with Crippen molar-refractivity contribution in [2.24, 2.45) is 17.6 Å². The van der Waals surface area contributed by atoms with Crippen LogP contribution in [0.15, 0.2) is 0 Å². The molecule has 0 saturated heterocycles. The maximum Gasteiger partial charge on any atom is 0.0518 e. The molecule has 0 aromatic rings. The SMILES string of the molecule is CC(C)OCCCCNCC(CN)C(C)C. The lowest BCUT2D eigenvalue weighted by Crippen LogP contribution is -2.32. The molecule has 0 bridgehead atoms. The van der Waals surface area contributed by atoms with Gasteiger partial charge >= 0.3 is 0 Å². The summed E-state index contributed by atoms with van der Waals surface area (Å²) in [5, 5.41) is 3.47. The zero-order valence-corrected chi connectivity index (χ0v) is 11.5. The summed E-state index contributed by atoms with van der Waals surface area (Å²) in [6.07, 6.45) is 2.68. The van der Waals surface area contributed by atoms with Gasteiger partial charge in [-0.05, 0) is 58.2 Å². The van der Waals surface area contributed by atoms with Gasteiger partial charge in [0.2, 0.25) is 0 Å². The van der Waals surface area contributed by atoms with Crippen molar-refractivity contribution in [2.45, 2.75) is 46.6 Å². The first-order valence-corrected chi connectivity index (χ1v) is 6.60. The van der Waals surface area contributed by atoms with Gasteiger partial charge in [0.15, 0.2) is 0 Å². The molecule has 0 aliphatic rings. The van der Waals surface area contributed by atoms with E-state index in [-0.39, 0.29) is 0 Å². The first kappa shape index (κ1) is 15.9. The average molecular weight is 230 g/mol. The van der Waals surface area contributed by atoms with Crippen LogP contribution in [0.3, 0.4) is 0 Å². The molecule has 0 saturated carbocycles. The van der Waals surface area contributed by atoms with E-state index in [0.717, 1.165) is 32.7 Å². The van der Waals surface area contributed by atoms with Crippen molar-refractivity contribution >= 4 is 0 Å². The third-order valence-corrected chi connectivity index (χ3v) is 2.85. The van der Waals surface area contributed by atoms with Crippen LogP contribution >= 0.6 is 0 Å².